The Morgan fingerprint density at radius 2 is 1.00 bits per heavy atom. The van der Waals surface area contributed by atoms with Crippen LogP contribution in [-0.4, -0.2) is 9.13 Å². The van der Waals surface area contributed by atoms with Crippen LogP contribution in [0.25, 0.3) is 23.5 Å². The molecule has 4 aromatic rings. The van der Waals surface area contributed by atoms with Gasteiger partial charge in [0.1, 0.15) is 0 Å². The molecule has 2 aromatic carbocycles. The summed E-state index contributed by atoms with van der Waals surface area (Å²) >= 11 is -5.06. The van der Waals surface area contributed by atoms with Crippen molar-refractivity contribution in [3.05, 3.63) is 149 Å². The van der Waals surface area contributed by atoms with Crippen molar-refractivity contribution in [1.29, 1.82) is 0 Å². The van der Waals surface area contributed by atoms with E-state index in [1.54, 1.807) is 9.13 Å². The topological polar surface area (TPSA) is 9.86 Å². The van der Waals surface area contributed by atoms with Crippen LogP contribution in [0.3, 0.4) is 0 Å². The van der Waals surface area contributed by atoms with Gasteiger partial charge in [0.25, 0.3) is 0 Å². The molecule has 0 N–H and O–H groups in total. The van der Waals surface area contributed by atoms with Crippen LogP contribution in [0.2, 0.25) is 0 Å². The zero-order chi connectivity index (χ0) is 35.4. The molecule has 0 atom stereocenters. The summed E-state index contributed by atoms with van der Waals surface area (Å²) < 4.78 is 73.5. The van der Waals surface area contributed by atoms with Gasteiger partial charge in [-0.2, -0.15) is 0 Å². The summed E-state index contributed by atoms with van der Waals surface area (Å²) in [7, 11) is 0. The third-order valence-electron chi connectivity index (χ3n) is 9.71. The second kappa shape index (κ2) is 13.3. The molecule has 6 rings (SSSR count). The molecule has 252 valence electrons. The van der Waals surface area contributed by atoms with Crippen molar-refractivity contribution in [3.63, 3.8) is 0 Å². The molecule has 0 fully saturated rings. The van der Waals surface area contributed by atoms with Gasteiger partial charge in [0.05, 0.1) is 0 Å². The number of hydrogen-bond acceptors (Lipinski definition) is 0. The van der Waals surface area contributed by atoms with Crippen molar-refractivity contribution in [2.45, 2.75) is 68.2 Å². The average Bonchev–Trinajstić information content (AvgIpc) is 3.84. The van der Waals surface area contributed by atoms with Gasteiger partial charge in [-0.1, -0.05) is 0 Å². The van der Waals surface area contributed by atoms with E-state index in [1.807, 2.05) is 116 Å². The summed E-state index contributed by atoms with van der Waals surface area (Å²) in [5.41, 5.74) is 7.48. The number of hydrogen-bond donors (Lipinski definition) is 0. The standard InChI is InChI=1S/2C16H16F2N.2C5H5.Ti/c2*1-10(2)7-13-8-11(3)19(12(13)4)16-6-5-14(17)9-15(16)18;2*1-2-4-5-3-1;/h2*5-8H,1-4H3;2*1-3H,4H2;. The van der Waals surface area contributed by atoms with Gasteiger partial charge in [-0.05, 0) is 0 Å². The SMILES string of the molecule is CC(C)=Cc1cc(C)n(-c2ccc(F)[c]([Ti]([C]3=CC=CC3)([C]3=CC=CC3)[c]3c(F)ccc(-n4c(C)cc(C=C(C)C)c4C)c3F)c2F)c1C. The number of aromatic nitrogens is 2. The van der Waals surface area contributed by atoms with Gasteiger partial charge in [0.15, 0.2) is 0 Å². The van der Waals surface area contributed by atoms with E-state index in [4.69, 9.17) is 0 Å². The fourth-order valence-corrected chi connectivity index (χ4v) is 16.0. The number of aryl methyl sites for hydroxylation is 2. The molecule has 0 saturated heterocycles. The zero-order valence-corrected chi connectivity index (χ0v) is 31.0. The van der Waals surface area contributed by atoms with Crippen LogP contribution < -0.4 is 7.74 Å². The third kappa shape index (κ3) is 5.73. The minimum atomic E-state index is -5.06. The average molecular weight is 699 g/mol. The van der Waals surface area contributed by atoms with E-state index in [0.717, 1.165) is 45.0 Å². The van der Waals surface area contributed by atoms with E-state index in [2.05, 4.69) is 0 Å². The molecule has 0 spiro atoms. The first-order valence-electron chi connectivity index (χ1n) is 16.7. The second-order valence-corrected chi connectivity index (χ2v) is 19.6. The molecule has 0 radical (unpaired) electrons. The van der Waals surface area contributed by atoms with Crippen molar-refractivity contribution in [3.8, 4) is 11.4 Å². The molecule has 2 heterocycles. The monoisotopic (exact) mass is 698 g/mol. The Morgan fingerprint density at radius 3 is 1.33 bits per heavy atom. The van der Waals surface area contributed by atoms with Crippen molar-refractivity contribution in [1.82, 2.24) is 9.13 Å². The van der Waals surface area contributed by atoms with Crippen molar-refractivity contribution >= 4 is 19.9 Å². The molecule has 2 aliphatic carbocycles. The predicted octanol–water partition coefficient (Wildman–Crippen LogP) is 10.7. The fraction of sp³-hybridized carbons (Fsp3) is 0.238. The van der Waals surface area contributed by atoms with Crippen molar-refractivity contribution in [2.24, 2.45) is 0 Å². The summed E-state index contributed by atoms with van der Waals surface area (Å²) in [5.74, 6) is -3.15. The van der Waals surface area contributed by atoms with Crippen LogP contribution in [-0.2, 0) is 16.6 Å². The fourth-order valence-electron chi connectivity index (χ4n) is 7.77. The molecule has 0 aliphatic heterocycles. The first kappa shape index (κ1) is 34.7. The van der Waals surface area contributed by atoms with Crippen molar-refractivity contribution in [2.75, 3.05) is 0 Å². The molecule has 49 heavy (non-hydrogen) atoms. The number of benzene rings is 2. The Labute approximate surface area is 290 Å². The van der Waals surface area contributed by atoms with Crippen LogP contribution in [0.4, 0.5) is 17.6 Å². The van der Waals surface area contributed by atoms with Crippen LogP contribution in [0.15, 0.2) is 91.8 Å². The summed E-state index contributed by atoms with van der Waals surface area (Å²) in [5, 5.41) is 0. The number of rotatable bonds is 8. The van der Waals surface area contributed by atoms with E-state index >= 15 is 17.6 Å². The molecule has 2 nitrogen and oxygen atoms in total. The molecule has 2 aliphatic rings. The summed E-state index contributed by atoms with van der Waals surface area (Å²) in [6.45, 7) is 15.5. The predicted molar refractivity (Wildman–Crippen MR) is 192 cm³/mol. The summed E-state index contributed by atoms with van der Waals surface area (Å²) in [4.78, 5) is 0. The first-order chi connectivity index (χ1) is 23.3. The Balaban J connectivity index is 1.73. The minimum absolute atomic E-state index is 0.161. The molecule has 0 saturated carbocycles. The van der Waals surface area contributed by atoms with Gasteiger partial charge in [-0.25, -0.2) is 0 Å². The van der Waals surface area contributed by atoms with Gasteiger partial charge in [0.2, 0.25) is 0 Å². The maximum atomic E-state index is 17.7. The molecular formula is C42H42F4N2Ti. The summed E-state index contributed by atoms with van der Waals surface area (Å²) in [6.07, 6.45) is 15.9. The van der Waals surface area contributed by atoms with Crippen LogP contribution in [0.1, 0.15) is 74.4 Å². The molecule has 0 bridgehead atoms. The normalized spacial score (nSPS) is 14.0. The van der Waals surface area contributed by atoms with Gasteiger partial charge in [-0.3, -0.25) is 0 Å². The Hall–Kier alpha value is -4.13. The third-order valence-corrected chi connectivity index (χ3v) is 17.6. The van der Waals surface area contributed by atoms with E-state index < -0.39 is 39.9 Å². The van der Waals surface area contributed by atoms with E-state index in [9.17, 15) is 0 Å². The van der Waals surface area contributed by atoms with Gasteiger partial charge >= 0.3 is 292 Å². The van der Waals surface area contributed by atoms with Crippen LogP contribution in [0, 0.1) is 51.0 Å². The Morgan fingerprint density at radius 1 is 0.612 bits per heavy atom. The van der Waals surface area contributed by atoms with Crippen LogP contribution >= 0.6 is 0 Å². The molecule has 2 aromatic heterocycles. The van der Waals surface area contributed by atoms with Crippen molar-refractivity contribution < 1.29 is 34.2 Å². The maximum absolute atomic E-state index is 17.7. The number of nitrogens with zero attached hydrogens (tertiary/aromatic N) is 2. The first-order valence-corrected chi connectivity index (χ1v) is 19.8. The van der Waals surface area contributed by atoms with E-state index in [1.165, 1.54) is 24.3 Å². The Kier molecular flexibility index (Phi) is 9.43. The van der Waals surface area contributed by atoms with Gasteiger partial charge < -0.3 is 0 Å². The Bertz CT molecular complexity index is 2040. The number of halogens is 4. The van der Waals surface area contributed by atoms with E-state index in [0.29, 0.717) is 20.6 Å². The molecule has 0 unspecified atom stereocenters. The van der Waals surface area contributed by atoms with Gasteiger partial charge in [0, 0.05) is 0 Å². The van der Waals surface area contributed by atoms with Crippen LogP contribution in [0.5, 0.6) is 0 Å². The molecule has 0 amide bonds. The zero-order valence-electron chi connectivity index (χ0n) is 29.4. The van der Waals surface area contributed by atoms with E-state index in [-0.39, 0.29) is 19.1 Å². The molecule has 7 heteroatoms. The summed E-state index contributed by atoms with van der Waals surface area (Å²) in [6, 6.07) is 9.36. The number of allylic oxidation sites excluding steroid dienone is 10. The molecular weight excluding hydrogens is 656 g/mol. The van der Waals surface area contributed by atoms with Gasteiger partial charge in [-0.15, -0.1) is 0 Å². The second-order valence-electron chi connectivity index (χ2n) is 13.7. The quantitative estimate of drug-likeness (QED) is 0.128.